The Morgan fingerprint density at radius 3 is 2.26 bits per heavy atom. The predicted octanol–water partition coefficient (Wildman–Crippen LogP) is 3.79. The fraction of sp³-hybridized carbons (Fsp3) is 1.00. The molecule has 0 bridgehead atoms. The third kappa shape index (κ3) is 14.1. The van der Waals surface area contributed by atoms with Crippen LogP contribution in [0.15, 0.2) is 0 Å². The average molecular weight is 274 g/mol. The Hall–Kier alpha value is -0.120. The lowest BCUT2D eigenvalue weighted by Crippen LogP contribution is -2.11. The summed E-state index contributed by atoms with van der Waals surface area (Å²) in [4.78, 5) is 0. The molecule has 19 heavy (non-hydrogen) atoms. The monoisotopic (exact) mass is 274 g/mol. The van der Waals surface area contributed by atoms with Crippen LogP contribution in [0.4, 0.5) is 0 Å². The zero-order valence-electron chi connectivity index (χ0n) is 13.0. The molecular formula is C16H34O3. The zero-order valence-corrected chi connectivity index (χ0v) is 13.0. The molecule has 3 heteroatoms. The summed E-state index contributed by atoms with van der Waals surface area (Å²) < 4.78 is 11.1. The van der Waals surface area contributed by atoms with Crippen LogP contribution in [-0.4, -0.2) is 38.1 Å². The summed E-state index contributed by atoms with van der Waals surface area (Å²) in [5.41, 5.74) is 0. The van der Waals surface area contributed by atoms with Crippen LogP contribution in [0.3, 0.4) is 0 Å². The van der Waals surface area contributed by atoms with E-state index in [1.807, 2.05) is 0 Å². The number of unbranched alkanes of at least 4 members (excludes halogenated alkanes) is 3. The lowest BCUT2D eigenvalue weighted by Gasteiger charge is -2.15. The van der Waals surface area contributed by atoms with Crippen molar-refractivity contribution in [2.45, 2.75) is 65.2 Å². The maximum atomic E-state index is 8.60. The molecule has 0 aliphatic rings. The third-order valence-electron chi connectivity index (χ3n) is 3.42. The zero-order chi connectivity index (χ0) is 14.2. The van der Waals surface area contributed by atoms with Gasteiger partial charge in [-0.15, -0.1) is 0 Å². The summed E-state index contributed by atoms with van der Waals surface area (Å²) >= 11 is 0. The number of hydrogen-bond donors (Lipinski definition) is 1. The molecule has 0 aromatic rings. The quantitative estimate of drug-likeness (QED) is 0.462. The molecule has 0 rings (SSSR count). The highest BCUT2D eigenvalue weighted by Crippen LogP contribution is 2.14. The van der Waals surface area contributed by atoms with Crippen molar-refractivity contribution >= 4 is 0 Å². The molecule has 0 radical (unpaired) electrons. The molecule has 3 nitrogen and oxygen atoms in total. The van der Waals surface area contributed by atoms with Crippen LogP contribution in [0.25, 0.3) is 0 Å². The van der Waals surface area contributed by atoms with Gasteiger partial charge in [0.25, 0.3) is 0 Å². The van der Waals surface area contributed by atoms with E-state index in [9.17, 15) is 0 Å². The van der Waals surface area contributed by atoms with Crippen molar-refractivity contribution in [2.24, 2.45) is 5.92 Å². The summed E-state index contributed by atoms with van der Waals surface area (Å²) in [5, 5.41) is 8.60. The first kappa shape index (κ1) is 18.9. The van der Waals surface area contributed by atoms with E-state index < -0.39 is 0 Å². The summed E-state index contributed by atoms with van der Waals surface area (Å²) in [5.74, 6) is 0.729. The SMILES string of the molecule is CCCCCCC(CC)COCCCOCCCO. The second kappa shape index (κ2) is 15.9. The molecule has 0 amide bonds. The van der Waals surface area contributed by atoms with E-state index >= 15 is 0 Å². The van der Waals surface area contributed by atoms with Gasteiger partial charge >= 0.3 is 0 Å². The first-order valence-electron chi connectivity index (χ1n) is 8.11. The van der Waals surface area contributed by atoms with E-state index in [4.69, 9.17) is 14.6 Å². The fourth-order valence-corrected chi connectivity index (χ4v) is 2.05. The van der Waals surface area contributed by atoms with Gasteiger partial charge in [0.15, 0.2) is 0 Å². The number of ether oxygens (including phenoxy) is 2. The summed E-state index contributed by atoms with van der Waals surface area (Å²) in [7, 11) is 0. The first-order valence-corrected chi connectivity index (χ1v) is 8.11. The Bertz CT molecular complexity index is 162. The first-order chi connectivity index (χ1) is 9.35. The molecular weight excluding hydrogens is 240 g/mol. The number of aliphatic hydroxyl groups excluding tert-OH is 1. The van der Waals surface area contributed by atoms with Crippen molar-refractivity contribution in [1.29, 1.82) is 0 Å². The lowest BCUT2D eigenvalue weighted by atomic mass is 9.99. The van der Waals surface area contributed by atoms with Crippen molar-refractivity contribution in [3.05, 3.63) is 0 Å². The normalized spacial score (nSPS) is 12.8. The van der Waals surface area contributed by atoms with Crippen molar-refractivity contribution in [3.63, 3.8) is 0 Å². The van der Waals surface area contributed by atoms with Gasteiger partial charge < -0.3 is 14.6 Å². The van der Waals surface area contributed by atoms with Crippen molar-refractivity contribution in [2.75, 3.05) is 33.0 Å². The number of aliphatic hydroxyl groups is 1. The summed E-state index contributed by atoms with van der Waals surface area (Å²) in [6.45, 7) is 7.82. The third-order valence-corrected chi connectivity index (χ3v) is 3.42. The molecule has 0 aliphatic heterocycles. The Balaban J connectivity index is 3.26. The van der Waals surface area contributed by atoms with E-state index in [1.54, 1.807) is 0 Å². The van der Waals surface area contributed by atoms with Crippen LogP contribution in [0.2, 0.25) is 0 Å². The van der Waals surface area contributed by atoms with Gasteiger partial charge in [-0.3, -0.25) is 0 Å². The van der Waals surface area contributed by atoms with Gasteiger partial charge in [-0.25, -0.2) is 0 Å². The molecule has 0 fully saturated rings. The molecule has 1 atom stereocenters. The summed E-state index contributed by atoms with van der Waals surface area (Å²) in [6.07, 6.45) is 9.61. The topological polar surface area (TPSA) is 38.7 Å². The van der Waals surface area contributed by atoms with E-state index in [0.29, 0.717) is 6.61 Å². The minimum atomic E-state index is 0.215. The van der Waals surface area contributed by atoms with Crippen molar-refractivity contribution in [1.82, 2.24) is 0 Å². The predicted molar refractivity (Wildman–Crippen MR) is 80.5 cm³/mol. The average Bonchev–Trinajstić information content (AvgIpc) is 2.44. The van der Waals surface area contributed by atoms with Crippen LogP contribution in [0, 0.1) is 5.92 Å². The molecule has 0 saturated carbocycles. The Kier molecular flexibility index (Phi) is 15.8. The van der Waals surface area contributed by atoms with Crippen LogP contribution in [0.1, 0.15) is 65.2 Å². The Morgan fingerprint density at radius 2 is 1.58 bits per heavy atom. The highest BCUT2D eigenvalue weighted by atomic mass is 16.5. The van der Waals surface area contributed by atoms with Crippen molar-refractivity contribution in [3.8, 4) is 0 Å². The minimum Gasteiger partial charge on any atom is -0.396 e. The lowest BCUT2D eigenvalue weighted by molar-refractivity contribution is 0.0594. The molecule has 116 valence electrons. The van der Waals surface area contributed by atoms with Crippen molar-refractivity contribution < 1.29 is 14.6 Å². The molecule has 1 unspecified atom stereocenters. The van der Waals surface area contributed by atoms with Gasteiger partial charge in [0.05, 0.1) is 0 Å². The van der Waals surface area contributed by atoms with E-state index in [-0.39, 0.29) is 6.61 Å². The van der Waals surface area contributed by atoms with E-state index in [0.717, 1.165) is 38.6 Å². The smallest absolute Gasteiger partial charge is 0.0494 e. The van der Waals surface area contributed by atoms with Gasteiger partial charge in [-0.05, 0) is 25.2 Å². The molecule has 0 heterocycles. The molecule has 1 N–H and O–H groups in total. The Labute approximate surface area is 119 Å². The molecule has 0 aliphatic carbocycles. The highest BCUT2D eigenvalue weighted by Gasteiger charge is 2.05. The maximum absolute atomic E-state index is 8.60. The van der Waals surface area contributed by atoms with Gasteiger partial charge in [-0.1, -0.05) is 46.0 Å². The van der Waals surface area contributed by atoms with Crippen LogP contribution in [-0.2, 0) is 9.47 Å². The highest BCUT2D eigenvalue weighted by molar-refractivity contribution is 4.56. The summed E-state index contributed by atoms with van der Waals surface area (Å²) in [6, 6.07) is 0. The second-order valence-corrected chi connectivity index (χ2v) is 5.24. The van der Waals surface area contributed by atoms with Crippen LogP contribution >= 0.6 is 0 Å². The van der Waals surface area contributed by atoms with E-state index in [1.165, 1.54) is 38.5 Å². The van der Waals surface area contributed by atoms with Gasteiger partial charge in [0, 0.05) is 33.0 Å². The minimum absolute atomic E-state index is 0.215. The second-order valence-electron chi connectivity index (χ2n) is 5.24. The number of rotatable bonds is 15. The fourth-order valence-electron chi connectivity index (χ4n) is 2.05. The maximum Gasteiger partial charge on any atom is 0.0494 e. The van der Waals surface area contributed by atoms with E-state index in [2.05, 4.69) is 13.8 Å². The molecule has 0 saturated heterocycles. The van der Waals surface area contributed by atoms with Crippen LogP contribution < -0.4 is 0 Å². The van der Waals surface area contributed by atoms with Gasteiger partial charge in [-0.2, -0.15) is 0 Å². The standard InChI is InChI=1S/C16H34O3/c1-3-5-6-7-10-16(4-2)15-19-14-9-13-18-12-8-11-17/h16-17H,3-15H2,1-2H3. The van der Waals surface area contributed by atoms with Gasteiger partial charge in [0.2, 0.25) is 0 Å². The van der Waals surface area contributed by atoms with Crippen LogP contribution in [0.5, 0.6) is 0 Å². The largest absolute Gasteiger partial charge is 0.396 e. The van der Waals surface area contributed by atoms with Gasteiger partial charge in [0.1, 0.15) is 0 Å². The molecule has 0 spiro atoms. The molecule has 0 aromatic heterocycles. The molecule has 0 aromatic carbocycles. The Morgan fingerprint density at radius 1 is 0.842 bits per heavy atom. The number of hydrogen-bond acceptors (Lipinski definition) is 3.